The second kappa shape index (κ2) is 10.3. The monoisotopic (exact) mass is 468 g/mol. The van der Waals surface area contributed by atoms with E-state index < -0.39 is 12.1 Å². The molecule has 1 saturated carbocycles. The summed E-state index contributed by atoms with van der Waals surface area (Å²) in [5, 5.41) is 7.12. The van der Waals surface area contributed by atoms with E-state index in [-0.39, 0.29) is 29.6 Å². The van der Waals surface area contributed by atoms with Crippen LogP contribution in [-0.4, -0.2) is 59.3 Å². The minimum absolute atomic E-state index is 0.0749. The largest absolute Gasteiger partial charge is 0.490 e. The molecule has 2 fully saturated rings. The molecule has 3 atom stereocenters. The molecule has 1 aliphatic heterocycles. The van der Waals surface area contributed by atoms with Crippen molar-refractivity contribution >= 4 is 11.9 Å². The molecule has 2 aliphatic rings. The van der Waals surface area contributed by atoms with Crippen molar-refractivity contribution in [2.24, 2.45) is 5.92 Å². The van der Waals surface area contributed by atoms with E-state index in [2.05, 4.69) is 4.98 Å². The first-order valence-electron chi connectivity index (χ1n) is 10.4. The van der Waals surface area contributed by atoms with Gasteiger partial charge in [0.05, 0.1) is 18.3 Å². The number of benzene rings is 1. The number of methoxy groups -OCH3 is 1. The highest BCUT2D eigenvalue weighted by molar-refractivity contribution is 5.83. The molecule has 2 heterocycles. The van der Waals surface area contributed by atoms with Crippen molar-refractivity contribution in [1.82, 2.24) is 9.88 Å². The van der Waals surface area contributed by atoms with Crippen LogP contribution in [0.5, 0.6) is 0 Å². The van der Waals surface area contributed by atoms with Gasteiger partial charge in [0.1, 0.15) is 5.82 Å². The number of amides is 1. The maximum absolute atomic E-state index is 13.0. The Bertz CT molecular complexity index is 964. The van der Waals surface area contributed by atoms with Gasteiger partial charge in [-0.15, -0.1) is 0 Å². The minimum Gasteiger partial charge on any atom is -0.475 e. The number of likely N-dealkylation sites (tertiary alicyclic amines) is 1. The van der Waals surface area contributed by atoms with Crippen LogP contribution in [-0.2, 0) is 14.3 Å². The van der Waals surface area contributed by atoms with Crippen LogP contribution in [0.2, 0.25) is 0 Å². The van der Waals surface area contributed by atoms with Crippen LogP contribution in [0.1, 0.15) is 30.7 Å². The Balaban J connectivity index is 0.000000383. The molecular formula is C23H24F4N2O4. The van der Waals surface area contributed by atoms with E-state index >= 15 is 0 Å². The molecule has 1 aromatic heterocycles. The summed E-state index contributed by atoms with van der Waals surface area (Å²) in [4.78, 5) is 28.2. The number of rotatable bonds is 5. The molecule has 4 rings (SSSR count). The van der Waals surface area contributed by atoms with Crippen molar-refractivity contribution in [3.05, 3.63) is 54.0 Å². The molecule has 0 bridgehead atoms. The van der Waals surface area contributed by atoms with E-state index in [9.17, 15) is 22.4 Å². The predicted octanol–water partition coefficient (Wildman–Crippen LogP) is 4.26. The molecule has 2 aromatic rings. The van der Waals surface area contributed by atoms with Crippen molar-refractivity contribution < 1.29 is 37.0 Å². The number of carbonyl (C=O) groups is 2. The van der Waals surface area contributed by atoms with Crippen molar-refractivity contribution in [2.75, 3.05) is 20.3 Å². The van der Waals surface area contributed by atoms with Crippen molar-refractivity contribution in [3.63, 3.8) is 0 Å². The van der Waals surface area contributed by atoms with Crippen LogP contribution in [0.15, 0.2) is 42.6 Å². The Hall–Kier alpha value is -3.01. The van der Waals surface area contributed by atoms with Crippen LogP contribution in [0.4, 0.5) is 17.6 Å². The molecular weight excluding hydrogens is 444 g/mol. The fourth-order valence-electron chi connectivity index (χ4n) is 3.96. The summed E-state index contributed by atoms with van der Waals surface area (Å²) in [6, 6.07) is 10.5. The van der Waals surface area contributed by atoms with E-state index in [0.29, 0.717) is 6.61 Å². The van der Waals surface area contributed by atoms with Crippen LogP contribution >= 0.6 is 0 Å². The number of ether oxygens (including phenoxy) is 1. The van der Waals surface area contributed by atoms with Gasteiger partial charge in [-0.2, -0.15) is 13.2 Å². The molecule has 0 radical (unpaired) electrons. The topological polar surface area (TPSA) is 79.7 Å². The third-order valence-corrected chi connectivity index (χ3v) is 5.72. The van der Waals surface area contributed by atoms with Crippen LogP contribution < -0.4 is 0 Å². The summed E-state index contributed by atoms with van der Waals surface area (Å²) >= 11 is 0. The number of pyridine rings is 1. The Morgan fingerprint density at radius 3 is 2.39 bits per heavy atom. The standard InChI is InChI=1S/C21H23FN2O2.C2HF3O2/c1-26-13-17-3-2-10-24(17)21(25)19-11-18(19)15-6-9-20(23-12-15)14-4-7-16(22)8-5-14;3-2(4,5)1(6)7/h4-9,12,17-19H,2-3,10-11,13H2,1H3;(H,6,7)/t17-,18+,19-;/m1./s1. The first-order chi connectivity index (χ1) is 15.6. The third-order valence-electron chi connectivity index (χ3n) is 5.72. The van der Waals surface area contributed by atoms with Gasteiger partial charge in [-0.05, 0) is 61.1 Å². The summed E-state index contributed by atoms with van der Waals surface area (Å²) in [5.74, 6) is -2.41. The van der Waals surface area contributed by atoms with Crippen molar-refractivity contribution in [3.8, 4) is 11.3 Å². The van der Waals surface area contributed by atoms with Gasteiger partial charge in [0.15, 0.2) is 0 Å². The molecule has 0 unspecified atom stereocenters. The number of hydrogen-bond donors (Lipinski definition) is 1. The highest BCUT2D eigenvalue weighted by Gasteiger charge is 2.47. The average Bonchev–Trinajstić information content (AvgIpc) is 3.45. The maximum atomic E-state index is 13.0. The van der Waals surface area contributed by atoms with Crippen molar-refractivity contribution in [1.29, 1.82) is 0 Å². The van der Waals surface area contributed by atoms with E-state index in [0.717, 1.165) is 42.6 Å². The molecule has 10 heteroatoms. The first kappa shape index (κ1) is 24.6. The zero-order valence-electron chi connectivity index (χ0n) is 17.9. The normalized spacial score (nSPS) is 21.8. The molecule has 1 aliphatic carbocycles. The van der Waals surface area contributed by atoms with Gasteiger partial charge in [-0.3, -0.25) is 9.78 Å². The number of aromatic nitrogens is 1. The minimum atomic E-state index is -5.08. The summed E-state index contributed by atoms with van der Waals surface area (Å²) in [5.41, 5.74) is 2.81. The Labute approximate surface area is 188 Å². The third kappa shape index (κ3) is 6.28. The van der Waals surface area contributed by atoms with Gasteiger partial charge in [0.25, 0.3) is 0 Å². The number of halogens is 4. The molecule has 0 spiro atoms. The fraction of sp³-hybridized carbons (Fsp3) is 0.435. The summed E-state index contributed by atoms with van der Waals surface area (Å²) in [6.07, 6.45) is -0.240. The zero-order valence-corrected chi connectivity index (χ0v) is 17.9. The van der Waals surface area contributed by atoms with Gasteiger partial charge >= 0.3 is 12.1 Å². The highest BCUT2D eigenvalue weighted by atomic mass is 19.4. The van der Waals surface area contributed by atoms with Gasteiger partial charge in [0.2, 0.25) is 5.91 Å². The van der Waals surface area contributed by atoms with Gasteiger partial charge < -0.3 is 14.7 Å². The van der Waals surface area contributed by atoms with Gasteiger partial charge in [-0.1, -0.05) is 6.07 Å². The Morgan fingerprint density at radius 1 is 1.18 bits per heavy atom. The smallest absolute Gasteiger partial charge is 0.475 e. The molecule has 178 valence electrons. The van der Waals surface area contributed by atoms with Gasteiger partial charge in [0, 0.05) is 31.3 Å². The quantitative estimate of drug-likeness (QED) is 0.664. The lowest BCUT2D eigenvalue weighted by Crippen LogP contribution is -2.39. The van der Waals surface area contributed by atoms with E-state index in [4.69, 9.17) is 14.6 Å². The highest BCUT2D eigenvalue weighted by Crippen LogP contribution is 2.49. The number of alkyl halides is 3. The number of carboxylic acid groups (broad SMARTS) is 1. The predicted molar refractivity (Wildman–Crippen MR) is 111 cm³/mol. The molecule has 1 amide bonds. The lowest BCUT2D eigenvalue weighted by molar-refractivity contribution is -0.192. The van der Waals surface area contributed by atoms with E-state index in [1.54, 1.807) is 19.2 Å². The molecule has 6 nitrogen and oxygen atoms in total. The maximum Gasteiger partial charge on any atom is 0.490 e. The first-order valence-corrected chi connectivity index (χ1v) is 10.4. The molecule has 33 heavy (non-hydrogen) atoms. The molecule has 1 saturated heterocycles. The number of carbonyl (C=O) groups excluding carboxylic acids is 1. The van der Waals surface area contributed by atoms with Crippen LogP contribution in [0.3, 0.4) is 0 Å². The molecule has 1 N–H and O–H groups in total. The number of carboxylic acids is 1. The lowest BCUT2D eigenvalue weighted by atomic mass is 10.1. The van der Waals surface area contributed by atoms with Gasteiger partial charge in [-0.25, -0.2) is 9.18 Å². The summed E-state index contributed by atoms with van der Waals surface area (Å²) < 4.78 is 50.0. The fourth-order valence-corrected chi connectivity index (χ4v) is 3.96. The second-order valence-electron chi connectivity index (χ2n) is 8.02. The second-order valence-corrected chi connectivity index (χ2v) is 8.02. The zero-order chi connectivity index (χ0) is 24.2. The Morgan fingerprint density at radius 2 is 1.85 bits per heavy atom. The van der Waals surface area contributed by atoms with Crippen LogP contribution in [0, 0.1) is 11.7 Å². The average molecular weight is 468 g/mol. The molecule has 1 aromatic carbocycles. The summed E-state index contributed by atoms with van der Waals surface area (Å²) in [6.45, 7) is 1.47. The number of hydrogen-bond acceptors (Lipinski definition) is 4. The Kier molecular flexibility index (Phi) is 7.68. The van der Waals surface area contributed by atoms with E-state index in [1.807, 2.05) is 23.2 Å². The van der Waals surface area contributed by atoms with Crippen molar-refractivity contribution in [2.45, 2.75) is 37.4 Å². The number of aliphatic carboxylic acids is 1. The summed E-state index contributed by atoms with van der Waals surface area (Å²) in [7, 11) is 1.69. The SMILES string of the molecule is COC[C@H]1CCCN1C(=O)[C@@H]1C[C@H]1c1ccc(-c2ccc(F)cc2)nc1.O=C(O)C(F)(F)F. The lowest BCUT2D eigenvalue weighted by Gasteiger charge is -2.24. The van der Waals surface area contributed by atoms with E-state index in [1.165, 1.54) is 12.1 Å². The van der Waals surface area contributed by atoms with Crippen LogP contribution in [0.25, 0.3) is 11.3 Å². The number of nitrogens with zero attached hydrogens (tertiary/aromatic N) is 2.